The van der Waals surface area contributed by atoms with Crippen LogP contribution >= 0.6 is 0 Å². The molecule has 0 saturated heterocycles. The van der Waals surface area contributed by atoms with Gasteiger partial charge in [-0.25, -0.2) is 0 Å². The van der Waals surface area contributed by atoms with Crippen LogP contribution in [0, 0.1) is 6.92 Å². The van der Waals surface area contributed by atoms with E-state index in [1.807, 2.05) is 31.3 Å². The van der Waals surface area contributed by atoms with Crippen molar-refractivity contribution in [3.63, 3.8) is 0 Å². The van der Waals surface area contributed by atoms with Gasteiger partial charge in [-0.2, -0.15) is 0 Å². The van der Waals surface area contributed by atoms with Crippen LogP contribution in [0.2, 0.25) is 0 Å². The van der Waals surface area contributed by atoms with Crippen LogP contribution in [0.4, 0.5) is 5.69 Å². The molecule has 1 aromatic heterocycles. The second kappa shape index (κ2) is 6.83. The number of nitrogens with zero attached hydrogens (tertiary/aromatic N) is 1. The number of ether oxygens (including phenoxy) is 3. The summed E-state index contributed by atoms with van der Waals surface area (Å²) >= 11 is 0. The summed E-state index contributed by atoms with van der Waals surface area (Å²) < 4.78 is 16.0. The van der Waals surface area contributed by atoms with Crippen LogP contribution in [0.5, 0.6) is 17.2 Å². The number of anilines is 1. The van der Waals surface area contributed by atoms with Crippen LogP contribution in [-0.4, -0.2) is 26.3 Å². The van der Waals surface area contributed by atoms with Gasteiger partial charge in [0, 0.05) is 12.7 Å². The van der Waals surface area contributed by atoms with Crippen molar-refractivity contribution in [3.8, 4) is 17.2 Å². The van der Waals surface area contributed by atoms with Gasteiger partial charge in [-0.3, -0.25) is 4.98 Å². The lowest BCUT2D eigenvalue weighted by Crippen LogP contribution is -2.03. The Bertz CT molecular complexity index is 589. The van der Waals surface area contributed by atoms with Gasteiger partial charge < -0.3 is 19.5 Å². The molecule has 5 heteroatoms. The molecule has 1 aromatic carbocycles. The molecule has 112 valence electrons. The normalized spacial score (nSPS) is 10.1. The molecular formula is C16H20N2O3. The van der Waals surface area contributed by atoms with Crippen molar-refractivity contribution >= 4 is 5.69 Å². The van der Waals surface area contributed by atoms with Gasteiger partial charge in [-0.1, -0.05) is 0 Å². The molecule has 0 atom stereocenters. The van der Waals surface area contributed by atoms with Crippen molar-refractivity contribution in [1.29, 1.82) is 0 Å². The predicted octanol–water partition coefficient (Wildman–Crippen LogP) is 3.03. The fourth-order valence-corrected chi connectivity index (χ4v) is 2.08. The Morgan fingerprint density at radius 1 is 1.05 bits per heavy atom. The Morgan fingerprint density at radius 3 is 2.24 bits per heavy atom. The summed E-state index contributed by atoms with van der Waals surface area (Å²) in [6, 6.07) is 5.83. The highest BCUT2D eigenvalue weighted by Crippen LogP contribution is 2.38. The third kappa shape index (κ3) is 3.37. The lowest BCUT2D eigenvalue weighted by Gasteiger charge is -2.15. The zero-order valence-corrected chi connectivity index (χ0v) is 12.8. The number of benzene rings is 1. The molecule has 1 heterocycles. The lowest BCUT2D eigenvalue weighted by molar-refractivity contribution is 0.324. The Balaban J connectivity index is 2.22. The van der Waals surface area contributed by atoms with Gasteiger partial charge >= 0.3 is 0 Å². The molecule has 0 spiro atoms. The summed E-state index contributed by atoms with van der Waals surface area (Å²) in [6.07, 6.45) is 3.59. The van der Waals surface area contributed by atoms with Crippen molar-refractivity contribution in [2.24, 2.45) is 0 Å². The fourth-order valence-electron chi connectivity index (χ4n) is 2.08. The summed E-state index contributed by atoms with van der Waals surface area (Å²) in [7, 11) is 4.82. The van der Waals surface area contributed by atoms with Gasteiger partial charge in [0.2, 0.25) is 5.75 Å². The highest BCUT2D eigenvalue weighted by atomic mass is 16.5. The molecule has 1 N–H and O–H groups in total. The quantitative estimate of drug-likeness (QED) is 0.885. The number of hydrogen-bond acceptors (Lipinski definition) is 5. The Hall–Kier alpha value is -2.43. The molecular weight excluding hydrogens is 268 g/mol. The van der Waals surface area contributed by atoms with Crippen molar-refractivity contribution in [2.45, 2.75) is 13.5 Å². The molecule has 2 aromatic rings. The Labute approximate surface area is 124 Å². The number of aromatic nitrogens is 1. The van der Waals surface area contributed by atoms with Gasteiger partial charge in [0.15, 0.2) is 11.5 Å². The van der Waals surface area contributed by atoms with Crippen molar-refractivity contribution in [2.75, 3.05) is 26.6 Å². The third-order valence-electron chi connectivity index (χ3n) is 3.25. The summed E-state index contributed by atoms with van der Waals surface area (Å²) in [4.78, 5) is 4.12. The highest BCUT2D eigenvalue weighted by molar-refractivity contribution is 5.55. The molecule has 0 amide bonds. The zero-order valence-electron chi connectivity index (χ0n) is 12.8. The van der Waals surface area contributed by atoms with Crippen molar-refractivity contribution in [1.82, 2.24) is 4.98 Å². The molecule has 21 heavy (non-hydrogen) atoms. The molecule has 0 aliphatic heterocycles. The molecule has 5 nitrogen and oxygen atoms in total. The monoisotopic (exact) mass is 288 g/mol. The standard InChI is InChI=1S/C16H20N2O3/c1-11-5-6-17-10-13(11)18-9-12-7-14(19-2)16(21-4)15(8-12)20-3/h5-8,10,18H,9H2,1-4H3. The molecule has 2 rings (SSSR count). The second-order valence-electron chi connectivity index (χ2n) is 4.58. The van der Waals surface area contributed by atoms with Crippen LogP contribution in [0.25, 0.3) is 0 Å². The zero-order chi connectivity index (χ0) is 15.2. The number of nitrogens with one attached hydrogen (secondary N) is 1. The van der Waals surface area contributed by atoms with Gasteiger partial charge in [-0.15, -0.1) is 0 Å². The van der Waals surface area contributed by atoms with E-state index in [9.17, 15) is 0 Å². The van der Waals surface area contributed by atoms with E-state index in [0.29, 0.717) is 23.8 Å². The van der Waals surface area contributed by atoms with E-state index in [2.05, 4.69) is 10.3 Å². The molecule has 0 aliphatic rings. The minimum atomic E-state index is 0.598. The number of aryl methyl sites for hydroxylation is 1. The molecule has 0 unspecified atom stereocenters. The third-order valence-corrected chi connectivity index (χ3v) is 3.25. The van der Waals surface area contributed by atoms with Crippen molar-refractivity contribution in [3.05, 3.63) is 41.7 Å². The van der Waals surface area contributed by atoms with Gasteiger partial charge in [0.05, 0.1) is 33.2 Å². The van der Waals surface area contributed by atoms with E-state index in [4.69, 9.17) is 14.2 Å². The number of pyridine rings is 1. The van der Waals surface area contributed by atoms with Crippen LogP contribution in [0.3, 0.4) is 0 Å². The van der Waals surface area contributed by atoms with E-state index in [1.54, 1.807) is 27.5 Å². The number of rotatable bonds is 6. The summed E-state index contributed by atoms with van der Waals surface area (Å²) in [5.41, 5.74) is 3.19. The lowest BCUT2D eigenvalue weighted by atomic mass is 10.1. The fraction of sp³-hybridized carbons (Fsp3) is 0.312. The SMILES string of the molecule is COc1cc(CNc2cnccc2C)cc(OC)c1OC. The van der Waals surface area contributed by atoms with E-state index in [-0.39, 0.29) is 0 Å². The van der Waals surface area contributed by atoms with E-state index < -0.39 is 0 Å². The smallest absolute Gasteiger partial charge is 0.203 e. The van der Waals surface area contributed by atoms with Gasteiger partial charge in [0.1, 0.15) is 0 Å². The van der Waals surface area contributed by atoms with Crippen LogP contribution in [0.15, 0.2) is 30.6 Å². The Kier molecular flexibility index (Phi) is 4.87. The minimum absolute atomic E-state index is 0.598. The average molecular weight is 288 g/mol. The first-order valence-corrected chi connectivity index (χ1v) is 6.63. The van der Waals surface area contributed by atoms with Crippen LogP contribution in [-0.2, 0) is 6.54 Å². The maximum atomic E-state index is 5.35. The summed E-state index contributed by atoms with van der Waals surface area (Å²) in [5.74, 6) is 1.90. The first-order chi connectivity index (χ1) is 10.2. The van der Waals surface area contributed by atoms with E-state index in [0.717, 1.165) is 16.8 Å². The maximum Gasteiger partial charge on any atom is 0.203 e. The molecule has 0 fully saturated rings. The Morgan fingerprint density at radius 2 is 1.71 bits per heavy atom. The summed E-state index contributed by atoms with van der Waals surface area (Å²) in [5, 5.41) is 3.35. The minimum Gasteiger partial charge on any atom is -0.493 e. The van der Waals surface area contributed by atoms with Gasteiger partial charge in [-0.05, 0) is 36.2 Å². The van der Waals surface area contributed by atoms with Crippen molar-refractivity contribution < 1.29 is 14.2 Å². The van der Waals surface area contributed by atoms with E-state index in [1.165, 1.54) is 0 Å². The maximum absolute atomic E-state index is 5.35. The first-order valence-electron chi connectivity index (χ1n) is 6.63. The highest BCUT2D eigenvalue weighted by Gasteiger charge is 2.13. The average Bonchev–Trinajstić information content (AvgIpc) is 2.52. The molecule has 0 bridgehead atoms. The van der Waals surface area contributed by atoms with Crippen LogP contribution < -0.4 is 19.5 Å². The second-order valence-corrected chi connectivity index (χ2v) is 4.58. The number of methoxy groups -OCH3 is 3. The largest absolute Gasteiger partial charge is 0.493 e. The van der Waals surface area contributed by atoms with E-state index >= 15 is 0 Å². The molecule has 0 radical (unpaired) electrons. The molecule has 0 aliphatic carbocycles. The topological polar surface area (TPSA) is 52.6 Å². The molecule has 0 saturated carbocycles. The first kappa shape index (κ1) is 15.0. The van der Waals surface area contributed by atoms with Crippen LogP contribution in [0.1, 0.15) is 11.1 Å². The number of hydrogen-bond donors (Lipinski definition) is 1. The van der Waals surface area contributed by atoms with Gasteiger partial charge in [0.25, 0.3) is 0 Å². The predicted molar refractivity (Wildman–Crippen MR) is 82.4 cm³/mol. The summed E-state index contributed by atoms with van der Waals surface area (Å²) in [6.45, 7) is 2.68.